The Hall–Kier alpha value is -2.08. The highest BCUT2D eigenvalue weighted by molar-refractivity contribution is 8.05. The first-order valence-electron chi connectivity index (χ1n) is 5.97. The molecule has 0 saturated carbocycles. The van der Waals surface area contributed by atoms with E-state index in [1.807, 2.05) is 6.07 Å². The van der Waals surface area contributed by atoms with Crippen LogP contribution in [0.25, 0.3) is 0 Å². The molecule has 1 aliphatic heterocycles. The average molecular weight is 290 g/mol. The Morgan fingerprint density at radius 3 is 2.55 bits per heavy atom. The second-order valence-electron chi connectivity index (χ2n) is 4.29. The molecule has 1 heterocycles. The van der Waals surface area contributed by atoms with Crippen LogP contribution in [0.5, 0.6) is 0 Å². The summed E-state index contributed by atoms with van der Waals surface area (Å²) < 4.78 is 0. The number of carboxylic acids is 1. The van der Waals surface area contributed by atoms with E-state index in [0.717, 1.165) is 11.8 Å². The molecule has 104 valence electrons. The van der Waals surface area contributed by atoms with E-state index in [1.54, 1.807) is 24.3 Å². The van der Waals surface area contributed by atoms with E-state index in [9.17, 15) is 19.5 Å². The monoisotopic (exact) mass is 290 g/mol. The van der Waals surface area contributed by atoms with Crippen LogP contribution >= 0.6 is 11.8 Å². The van der Waals surface area contributed by atoms with Crippen molar-refractivity contribution in [2.75, 3.05) is 4.90 Å². The minimum Gasteiger partial charge on any atom is -0.550 e. The van der Waals surface area contributed by atoms with Gasteiger partial charge in [0, 0.05) is 24.2 Å². The normalized spacial score (nSPS) is 20.4. The van der Waals surface area contributed by atoms with Crippen molar-refractivity contribution in [3.63, 3.8) is 0 Å². The Labute approximate surface area is 120 Å². The van der Waals surface area contributed by atoms with Crippen LogP contribution in [0.15, 0.2) is 41.4 Å². The van der Waals surface area contributed by atoms with E-state index in [1.165, 1.54) is 17.9 Å². The molecule has 0 aromatic heterocycles. The number of nitrogens with zero attached hydrogens (tertiary/aromatic N) is 1. The van der Waals surface area contributed by atoms with Gasteiger partial charge in [0.2, 0.25) is 5.91 Å². The van der Waals surface area contributed by atoms with Gasteiger partial charge in [-0.25, -0.2) is 0 Å². The van der Waals surface area contributed by atoms with E-state index in [4.69, 9.17) is 0 Å². The summed E-state index contributed by atoms with van der Waals surface area (Å²) in [5.41, 5.74) is 0.610. The molecule has 1 atom stereocenters. The molecule has 1 aromatic rings. The Kier molecular flexibility index (Phi) is 4.24. The van der Waals surface area contributed by atoms with Crippen LogP contribution in [-0.4, -0.2) is 22.9 Å². The number of aliphatic carboxylic acids is 1. The summed E-state index contributed by atoms with van der Waals surface area (Å²) in [6.07, 6.45) is 0.965. The molecular weight excluding hydrogens is 278 g/mol. The van der Waals surface area contributed by atoms with Gasteiger partial charge in [-0.15, -0.1) is 0 Å². The van der Waals surface area contributed by atoms with Crippen LogP contribution in [0.2, 0.25) is 0 Å². The number of hydrogen-bond acceptors (Lipinski definition) is 5. The highest BCUT2D eigenvalue weighted by Gasteiger charge is 2.37. The van der Waals surface area contributed by atoms with Crippen molar-refractivity contribution in [3.8, 4) is 0 Å². The molecule has 0 N–H and O–H groups in total. The number of ketones is 1. The van der Waals surface area contributed by atoms with Gasteiger partial charge in [0.15, 0.2) is 5.78 Å². The van der Waals surface area contributed by atoms with Gasteiger partial charge in [0.25, 0.3) is 0 Å². The average Bonchev–Trinajstić information content (AvgIpc) is 2.65. The largest absolute Gasteiger partial charge is 0.550 e. The van der Waals surface area contributed by atoms with Crippen molar-refractivity contribution < 1.29 is 19.5 Å². The fourth-order valence-corrected chi connectivity index (χ4v) is 3.14. The van der Waals surface area contributed by atoms with E-state index in [2.05, 4.69) is 0 Å². The fourth-order valence-electron chi connectivity index (χ4n) is 1.89. The summed E-state index contributed by atoms with van der Waals surface area (Å²) >= 11 is 1.07. The van der Waals surface area contributed by atoms with Gasteiger partial charge in [0.05, 0.1) is 10.3 Å². The minimum absolute atomic E-state index is 0.199. The fraction of sp³-hybridized carbons (Fsp3) is 0.214. The molecule has 1 saturated heterocycles. The summed E-state index contributed by atoms with van der Waals surface area (Å²) in [7, 11) is 0. The van der Waals surface area contributed by atoms with E-state index < -0.39 is 11.2 Å². The second-order valence-corrected chi connectivity index (χ2v) is 5.51. The Morgan fingerprint density at radius 1 is 1.35 bits per heavy atom. The van der Waals surface area contributed by atoms with Crippen molar-refractivity contribution in [1.82, 2.24) is 0 Å². The number of carbonyl (C=O) groups is 3. The predicted molar refractivity (Wildman–Crippen MR) is 73.7 cm³/mol. The topological polar surface area (TPSA) is 77.5 Å². The molecule has 0 bridgehead atoms. The third-order valence-electron chi connectivity index (χ3n) is 2.67. The highest BCUT2D eigenvalue weighted by atomic mass is 32.2. The maximum absolute atomic E-state index is 12.3. The number of para-hydroxylation sites is 1. The molecule has 1 fully saturated rings. The smallest absolute Gasteiger partial charge is 0.245 e. The number of benzene rings is 1. The minimum atomic E-state index is -1.28. The lowest BCUT2D eigenvalue weighted by molar-refractivity contribution is -0.305. The lowest BCUT2D eigenvalue weighted by Crippen LogP contribution is -2.33. The first kappa shape index (κ1) is 14.3. The van der Waals surface area contributed by atoms with E-state index in [0.29, 0.717) is 10.7 Å². The van der Waals surface area contributed by atoms with Gasteiger partial charge in [-0.2, -0.15) is 0 Å². The van der Waals surface area contributed by atoms with Gasteiger partial charge < -0.3 is 9.90 Å². The van der Waals surface area contributed by atoms with Gasteiger partial charge >= 0.3 is 0 Å². The summed E-state index contributed by atoms with van der Waals surface area (Å²) in [5.74, 6) is -1.83. The molecule has 6 heteroatoms. The molecule has 0 radical (unpaired) electrons. The highest BCUT2D eigenvalue weighted by Crippen LogP contribution is 2.39. The first-order valence-corrected chi connectivity index (χ1v) is 6.85. The number of allylic oxidation sites excluding steroid dienone is 1. The Bertz CT molecular complexity index is 582. The van der Waals surface area contributed by atoms with Gasteiger partial charge in [-0.05, 0) is 19.1 Å². The van der Waals surface area contributed by atoms with Crippen LogP contribution in [0.1, 0.15) is 13.3 Å². The van der Waals surface area contributed by atoms with Crippen LogP contribution in [0.4, 0.5) is 5.69 Å². The van der Waals surface area contributed by atoms with Crippen LogP contribution in [-0.2, 0) is 14.4 Å². The molecule has 0 spiro atoms. The maximum Gasteiger partial charge on any atom is 0.245 e. The second kappa shape index (κ2) is 5.92. The summed E-state index contributed by atoms with van der Waals surface area (Å²) in [4.78, 5) is 35.6. The number of rotatable bonds is 4. The molecule has 20 heavy (non-hydrogen) atoms. The Balaban J connectivity index is 2.37. The number of hydrogen-bond donors (Lipinski definition) is 0. The van der Waals surface area contributed by atoms with Crippen molar-refractivity contribution in [1.29, 1.82) is 0 Å². The third kappa shape index (κ3) is 3.08. The third-order valence-corrected chi connectivity index (χ3v) is 3.87. The zero-order chi connectivity index (χ0) is 14.7. The summed E-state index contributed by atoms with van der Waals surface area (Å²) in [6, 6.07) is 8.81. The number of amides is 1. The van der Waals surface area contributed by atoms with Gasteiger partial charge in [0.1, 0.15) is 0 Å². The molecule has 1 aromatic carbocycles. The lowest BCUT2D eigenvalue weighted by atomic mass is 10.2. The van der Waals surface area contributed by atoms with Crippen molar-refractivity contribution in [2.45, 2.75) is 18.6 Å². The Morgan fingerprint density at radius 2 is 2.00 bits per heavy atom. The maximum atomic E-state index is 12.3. The van der Waals surface area contributed by atoms with Gasteiger partial charge in [-0.1, -0.05) is 30.0 Å². The van der Waals surface area contributed by atoms with Crippen molar-refractivity contribution in [2.24, 2.45) is 0 Å². The van der Waals surface area contributed by atoms with Crippen LogP contribution in [0.3, 0.4) is 0 Å². The number of carboxylic acid groups (broad SMARTS) is 1. The number of thioether (sulfide) groups is 1. The zero-order valence-corrected chi connectivity index (χ0v) is 11.6. The molecule has 2 rings (SSSR count). The molecule has 5 nitrogen and oxygen atoms in total. The number of anilines is 1. The molecule has 0 unspecified atom stereocenters. The predicted octanol–water partition coefficient (Wildman–Crippen LogP) is 0.705. The first-order chi connectivity index (χ1) is 9.49. The quantitative estimate of drug-likeness (QED) is 0.763. The molecule has 0 aliphatic carbocycles. The number of carbonyl (C=O) groups excluding carboxylic acids is 3. The van der Waals surface area contributed by atoms with Gasteiger partial charge in [-0.3, -0.25) is 14.5 Å². The van der Waals surface area contributed by atoms with Crippen LogP contribution in [0, 0.1) is 0 Å². The standard InChI is InChI=1S/C14H13NO4S/c1-9(16)7-12-15(10-5-3-2-4-6-10)14(19)11(20-12)8-13(17)18/h2-7,11H,8H2,1H3,(H,17,18)/p-1/b12-7+/t11-/m0/s1. The van der Waals surface area contributed by atoms with E-state index in [-0.39, 0.29) is 18.1 Å². The molecule has 1 aliphatic rings. The zero-order valence-electron chi connectivity index (χ0n) is 10.7. The SMILES string of the molecule is CC(=O)/C=C1/S[C@@H](CC(=O)[O-])C(=O)N1c1ccccc1. The lowest BCUT2D eigenvalue weighted by Gasteiger charge is -2.17. The van der Waals surface area contributed by atoms with Crippen molar-refractivity contribution >= 4 is 35.1 Å². The molecular formula is C14H12NO4S-. The molecule has 1 amide bonds. The van der Waals surface area contributed by atoms with E-state index >= 15 is 0 Å². The van der Waals surface area contributed by atoms with Crippen molar-refractivity contribution in [3.05, 3.63) is 41.4 Å². The van der Waals surface area contributed by atoms with Crippen LogP contribution < -0.4 is 10.0 Å². The summed E-state index contributed by atoms with van der Waals surface area (Å²) in [6.45, 7) is 1.38. The summed E-state index contributed by atoms with van der Waals surface area (Å²) in [5, 5.41) is 10.4.